The molecule has 0 saturated carbocycles. The SMILES string of the molecule is COC(=O)C1(NC(=O)OCc2ccccc2)CC2CCC(C1)S2. The van der Waals surface area contributed by atoms with E-state index in [1.54, 1.807) is 0 Å². The van der Waals surface area contributed by atoms with Gasteiger partial charge < -0.3 is 14.8 Å². The van der Waals surface area contributed by atoms with E-state index in [9.17, 15) is 9.59 Å². The van der Waals surface area contributed by atoms with Crippen molar-refractivity contribution in [2.45, 2.75) is 48.3 Å². The van der Waals surface area contributed by atoms with Crippen molar-refractivity contribution in [3.05, 3.63) is 35.9 Å². The number of benzene rings is 1. The van der Waals surface area contributed by atoms with Crippen molar-refractivity contribution in [3.8, 4) is 0 Å². The zero-order valence-electron chi connectivity index (χ0n) is 13.1. The molecule has 2 atom stereocenters. The highest BCUT2D eigenvalue weighted by molar-refractivity contribution is 8.00. The van der Waals surface area contributed by atoms with Gasteiger partial charge in [-0.25, -0.2) is 9.59 Å². The predicted octanol–water partition coefficient (Wildman–Crippen LogP) is 2.88. The number of hydrogen-bond acceptors (Lipinski definition) is 5. The van der Waals surface area contributed by atoms with Crippen LogP contribution in [0.4, 0.5) is 4.79 Å². The third-order valence-corrected chi connectivity index (χ3v) is 6.05. The summed E-state index contributed by atoms with van der Waals surface area (Å²) in [5.41, 5.74) is -0.0337. The molecule has 1 N–H and O–H groups in total. The number of rotatable bonds is 4. The number of hydrogen-bond donors (Lipinski definition) is 1. The summed E-state index contributed by atoms with van der Waals surface area (Å²) in [7, 11) is 1.37. The third-order valence-electron chi connectivity index (χ3n) is 4.48. The maximum absolute atomic E-state index is 12.3. The first-order valence-corrected chi connectivity index (χ1v) is 8.78. The molecular formula is C17H21NO4S. The standard InChI is InChI=1S/C17H21NO4S/c1-21-15(19)17(9-13-7-8-14(10-17)23-13)18-16(20)22-11-12-5-3-2-4-6-12/h2-6,13-14H,7-11H2,1H3,(H,18,20). The zero-order chi connectivity index (χ0) is 16.3. The summed E-state index contributed by atoms with van der Waals surface area (Å²) >= 11 is 1.92. The summed E-state index contributed by atoms with van der Waals surface area (Å²) in [5.74, 6) is -0.369. The van der Waals surface area contributed by atoms with Gasteiger partial charge in [-0.15, -0.1) is 0 Å². The molecule has 1 aromatic rings. The number of methoxy groups -OCH3 is 1. The number of ether oxygens (including phenoxy) is 2. The summed E-state index contributed by atoms with van der Waals surface area (Å²) in [6.07, 6.45) is 2.84. The van der Waals surface area contributed by atoms with Gasteiger partial charge in [-0.1, -0.05) is 30.3 Å². The molecule has 124 valence electrons. The summed E-state index contributed by atoms with van der Waals surface area (Å²) in [6, 6.07) is 9.47. The number of esters is 1. The average Bonchev–Trinajstić information content (AvgIpc) is 2.92. The van der Waals surface area contributed by atoms with Gasteiger partial charge in [0.05, 0.1) is 7.11 Å². The molecule has 2 unspecified atom stereocenters. The maximum Gasteiger partial charge on any atom is 0.408 e. The van der Waals surface area contributed by atoms with Gasteiger partial charge in [0.1, 0.15) is 12.1 Å². The molecule has 23 heavy (non-hydrogen) atoms. The fraction of sp³-hybridized carbons (Fsp3) is 0.529. The molecule has 2 bridgehead atoms. The van der Waals surface area contributed by atoms with Crippen LogP contribution in [0.25, 0.3) is 0 Å². The van der Waals surface area contributed by atoms with Crippen molar-refractivity contribution < 1.29 is 19.1 Å². The fourth-order valence-electron chi connectivity index (χ4n) is 3.41. The molecule has 0 aromatic heterocycles. The quantitative estimate of drug-likeness (QED) is 0.857. The van der Waals surface area contributed by atoms with Gasteiger partial charge in [0.25, 0.3) is 0 Å². The molecular weight excluding hydrogens is 314 g/mol. The number of amides is 1. The van der Waals surface area contributed by atoms with Crippen LogP contribution in [0, 0.1) is 0 Å². The van der Waals surface area contributed by atoms with Crippen molar-refractivity contribution in [3.63, 3.8) is 0 Å². The molecule has 0 spiro atoms. The topological polar surface area (TPSA) is 64.6 Å². The maximum atomic E-state index is 12.3. The van der Waals surface area contributed by atoms with Crippen LogP contribution in [0.3, 0.4) is 0 Å². The van der Waals surface area contributed by atoms with E-state index >= 15 is 0 Å². The van der Waals surface area contributed by atoms with Gasteiger partial charge in [-0.2, -0.15) is 11.8 Å². The van der Waals surface area contributed by atoms with Crippen LogP contribution < -0.4 is 5.32 Å². The van der Waals surface area contributed by atoms with E-state index < -0.39 is 11.6 Å². The van der Waals surface area contributed by atoms with Crippen LogP contribution in [0.2, 0.25) is 0 Å². The van der Waals surface area contributed by atoms with E-state index in [4.69, 9.17) is 9.47 Å². The molecule has 2 fully saturated rings. The lowest BCUT2D eigenvalue weighted by Gasteiger charge is -2.37. The highest BCUT2D eigenvalue weighted by Crippen LogP contribution is 2.47. The summed E-state index contributed by atoms with van der Waals surface area (Å²) in [5, 5.41) is 3.61. The second-order valence-corrected chi connectivity index (χ2v) is 7.73. The zero-order valence-corrected chi connectivity index (χ0v) is 13.9. The van der Waals surface area contributed by atoms with Crippen LogP contribution >= 0.6 is 11.8 Å². The molecule has 2 aliphatic rings. The van der Waals surface area contributed by atoms with Gasteiger partial charge in [0.15, 0.2) is 0 Å². The van der Waals surface area contributed by atoms with E-state index in [2.05, 4.69) is 5.32 Å². The second kappa shape index (κ2) is 6.83. The van der Waals surface area contributed by atoms with E-state index in [-0.39, 0.29) is 12.6 Å². The molecule has 1 amide bonds. The summed E-state index contributed by atoms with van der Waals surface area (Å²) in [6.45, 7) is 0.186. The molecule has 2 aliphatic heterocycles. The lowest BCUT2D eigenvalue weighted by atomic mass is 9.89. The fourth-order valence-corrected chi connectivity index (χ4v) is 5.26. The Labute approximate surface area is 140 Å². The van der Waals surface area contributed by atoms with Crippen LogP contribution in [0.1, 0.15) is 31.2 Å². The molecule has 3 rings (SSSR count). The third kappa shape index (κ3) is 3.63. The first-order valence-electron chi connectivity index (χ1n) is 7.84. The Balaban J connectivity index is 1.64. The number of fused-ring (bicyclic) bond motifs is 2. The van der Waals surface area contributed by atoms with Crippen LogP contribution in [0.5, 0.6) is 0 Å². The monoisotopic (exact) mass is 335 g/mol. The Bertz CT molecular complexity index is 565. The van der Waals surface area contributed by atoms with E-state index in [1.165, 1.54) is 7.11 Å². The Morgan fingerprint density at radius 3 is 2.48 bits per heavy atom. The predicted molar refractivity (Wildman–Crippen MR) is 88.1 cm³/mol. The minimum atomic E-state index is -0.945. The van der Waals surface area contributed by atoms with Gasteiger partial charge >= 0.3 is 12.1 Å². The van der Waals surface area contributed by atoms with Gasteiger partial charge in [-0.05, 0) is 31.2 Å². The Morgan fingerprint density at radius 1 is 1.22 bits per heavy atom. The van der Waals surface area contributed by atoms with Crippen molar-refractivity contribution in [2.24, 2.45) is 0 Å². The molecule has 0 radical (unpaired) electrons. The highest BCUT2D eigenvalue weighted by Gasteiger charge is 2.51. The number of nitrogens with one attached hydrogen (secondary N) is 1. The van der Waals surface area contributed by atoms with Crippen LogP contribution in [-0.4, -0.2) is 35.2 Å². The molecule has 5 nitrogen and oxygen atoms in total. The van der Waals surface area contributed by atoms with E-state index in [1.807, 2.05) is 42.1 Å². The Morgan fingerprint density at radius 2 is 1.87 bits per heavy atom. The second-order valence-electron chi connectivity index (χ2n) is 6.13. The average molecular weight is 335 g/mol. The van der Waals surface area contributed by atoms with Gasteiger partial charge in [0, 0.05) is 10.5 Å². The minimum Gasteiger partial charge on any atom is -0.467 e. The minimum absolute atomic E-state index is 0.186. The summed E-state index contributed by atoms with van der Waals surface area (Å²) in [4.78, 5) is 24.5. The van der Waals surface area contributed by atoms with Gasteiger partial charge in [-0.3, -0.25) is 0 Å². The van der Waals surface area contributed by atoms with Crippen LogP contribution in [0.15, 0.2) is 30.3 Å². The molecule has 2 saturated heterocycles. The van der Waals surface area contributed by atoms with Gasteiger partial charge in [0.2, 0.25) is 0 Å². The lowest BCUT2D eigenvalue weighted by molar-refractivity contribution is -0.149. The van der Waals surface area contributed by atoms with Crippen molar-refractivity contribution >= 4 is 23.8 Å². The number of carbonyl (C=O) groups excluding carboxylic acids is 2. The van der Waals surface area contributed by atoms with Crippen molar-refractivity contribution in [2.75, 3.05) is 7.11 Å². The molecule has 6 heteroatoms. The van der Waals surface area contributed by atoms with Crippen molar-refractivity contribution in [1.29, 1.82) is 0 Å². The largest absolute Gasteiger partial charge is 0.467 e. The number of thioether (sulfide) groups is 1. The molecule has 2 heterocycles. The van der Waals surface area contributed by atoms with Crippen molar-refractivity contribution in [1.82, 2.24) is 5.32 Å². The van der Waals surface area contributed by atoms with E-state index in [0.29, 0.717) is 23.3 Å². The van der Waals surface area contributed by atoms with Crippen LogP contribution in [-0.2, 0) is 20.9 Å². The smallest absolute Gasteiger partial charge is 0.408 e. The lowest BCUT2D eigenvalue weighted by Crippen LogP contribution is -2.58. The first-order chi connectivity index (χ1) is 11.1. The summed E-state index contributed by atoms with van der Waals surface area (Å²) < 4.78 is 10.2. The Hall–Kier alpha value is -1.69. The Kier molecular flexibility index (Phi) is 4.80. The van der Waals surface area contributed by atoms with E-state index in [0.717, 1.165) is 18.4 Å². The number of carbonyl (C=O) groups is 2. The first kappa shape index (κ1) is 16.2. The number of alkyl carbamates (subject to hydrolysis) is 1. The normalized spacial score (nSPS) is 28.9. The highest BCUT2D eigenvalue weighted by atomic mass is 32.2. The molecule has 1 aromatic carbocycles. The molecule has 0 aliphatic carbocycles.